The van der Waals surface area contributed by atoms with Crippen LogP contribution in [0.1, 0.15) is 11.1 Å². The SMILES string of the molecule is COc1ccc(C=NN=Cc2ccccc2)c(OC)c1OC. The van der Waals surface area contributed by atoms with Gasteiger partial charge in [-0.15, -0.1) is 0 Å². The van der Waals surface area contributed by atoms with Crippen molar-refractivity contribution in [1.29, 1.82) is 0 Å². The third-order valence-electron chi connectivity index (χ3n) is 3.00. The summed E-state index contributed by atoms with van der Waals surface area (Å²) in [6, 6.07) is 13.4. The minimum absolute atomic E-state index is 0.529. The number of hydrogen-bond acceptors (Lipinski definition) is 5. The van der Waals surface area contributed by atoms with Gasteiger partial charge in [-0.2, -0.15) is 10.2 Å². The van der Waals surface area contributed by atoms with Crippen LogP contribution in [0.2, 0.25) is 0 Å². The molecule has 0 saturated heterocycles. The highest BCUT2D eigenvalue weighted by Crippen LogP contribution is 2.38. The number of rotatable bonds is 6. The van der Waals surface area contributed by atoms with Gasteiger partial charge in [-0.25, -0.2) is 0 Å². The summed E-state index contributed by atoms with van der Waals surface area (Å²) >= 11 is 0. The average Bonchev–Trinajstić information content (AvgIpc) is 2.58. The van der Waals surface area contributed by atoms with Gasteiger partial charge in [0, 0.05) is 5.56 Å². The first-order valence-electron chi connectivity index (χ1n) is 6.70. The Morgan fingerprint density at radius 1 is 0.727 bits per heavy atom. The zero-order valence-corrected chi connectivity index (χ0v) is 12.8. The molecule has 22 heavy (non-hydrogen) atoms. The monoisotopic (exact) mass is 298 g/mol. The lowest BCUT2D eigenvalue weighted by molar-refractivity contribution is 0.324. The molecule has 0 unspecified atom stereocenters. The molecular weight excluding hydrogens is 280 g/mol. The van der Waals surface area contributed by atoms with E-state index in [2.05, 4.69) is 10.2 Å². The van der Waals surface area contributed by atoms with Crippen LogP contribution >= 0.6 is 0 Å². The third kappa shape index (κ3) is 3.63. The molecule has 0 saturated carbocycles. The molecule has 2 aromatic rings. The molecular formula is C17H18N2O3. The highest BCUT2D eigenvalue weighted by atomic mass is 16.5. The average molecular weight is 298 g/mol. The van der Waals surface area contributed by atoms with E-state index < -0.39 is 0 Å². The van der Waals surface area contributed by atoms with Gasteiger partial charge in [-0.05, 0) is 17.7 Å². The molecule has 0 aliphatic rings. The van der Waals surface area contributed by atoms with Crippen LogP contribution in [0.15, 0.2) is 52.7 Å². The van der Waals surface area contributed by atoms with Gasteiger partial charge in [0.1, 0.15) is 0 Å². The summed E-state index contributed by atoms with van der Waals surface area (Å²) in [6.07, 6.45) is 3.30. The molecule has 0 fully saturated rings. The first-order chi connectivity index (χ1) is 10.8. The zero-order valence-electron chi connectivity index (χ0n) is 12.8. The molecule has 5 nitrogen and oxygen atoms in total. The summed E-state index contributed by atoms with van der Waals surface area (Å²) in [4.78, 5) is 0. The van der Waals surface area contributed by atoms with Crippen LogP contribution in [0.5, 0.6) is 17.2 Å². The summed E-state index contributed by atoms with van der Waals surface area (Å²) in [5.41, 5.74) is 1.74. The molecule has 0 radical (unpaired) electrons. The van der Waals surface area contributed by atoms with Crippen LogP contribution in [0.25, 0.3) is 0 Å². The lowest BCUT2D eigenvalue weighted by atomic mass is 10.2. The summed E-state index contributed by atoms with van der Waals surface area (Å²) < 4.78 is 15.9. The Morgan fingerprint density at radius 2 is 1.41 bits per heavy atom. The van der Waals surface area contributed by atoms with E-state index in [0.717, 1.165) is 11.1 Å². The minimum Gasteiger partial charge on any atom is -0.493 e. The van der Waals surface area contributed by atoms with Crippen molar-refractivity contribution in [2.75, 3.05) is 21.3 Å². The number of methoxy groups -OCH3 is 3. The quantitative estimate of drug-likeness (QED) is 0.608. The molecule has 0 bridgehead atoms. The Kier molecular flexibility index (Phi) is 5.54. The van der Waals surface area contributed by atoms with Gasteiger partial charge in [0.2, 0.25) is 5.75 Å². The molecule has 0 amide bonds. The first-order valence-corrected chi connectivity index (χ1v) is 6.70. The Balaban J connectivity index is 2.22. The lowest BCUT2D eigenvalue weighted by Gasteiger charge is -2.13. The molecule has 5 heteroatoms. The van der Waals surface area contributed by atoms with E-state index >= 15 is 0 Å². The van der Waals surface area contributed by atoms with E-state index in [1.54, 1.807) is 39.8 Å². The van der Waals surface area contributed by atoms with E-state index in [4.69, 9.17) is 14.2 Å². The molecule has 0 spiro atoms. The Bertz CT molecular complexity index is 667. The van der Waals surface area contributed by atoms with Crippen LogP contribution in [-0.2, 0) is 0 Å². The zero-order chi connectivity index (χ0) is 15.8. The van der Waals surface area contributed by atoms with Gasteiger partial charge in [0.05, 0.1) is 33.8 Å². The number of benzene rings is 2. The fourth-order valence-electron chi connectivity index (χ4n) is 1.96. The molecule has 0 aliphatic heterocycles. The predicted molar refractivity (Wildman–Crippen MR) is 87.7 cm³/mol. The molecule has 2 aromatic carbocycles. The molecule has 0 atom stereocenters. The van der Waals surface area contributed by atoms with Gasteiger partial charge in [-0.3, -0.25) is 0 Å². The van der Waals surface area contributed by atoms with Crippen LogP contribution in [0.3, 0.4) is 0 Å². The summed E-state index contributed by atoms with van der Waals surface area (Å²) in [5, 5.41) is 8.07. The standard InChI is InChI=1S/C17H18N2O3/c1-20-15-10-9-14(16(21-2)17(15)22-3)12-19-18-11-13-7-5-4-6-8-13/h4-12H,1-3H3. The Morgan fingerprint density at radius 3 is 2.05 bits per heavy atom. The van der Waals surface area contributed by atoms with E-state index in [-0.39, 0.29) is 0 Å². The Hall–Kier alpha value is -2.82. The van der Waals surface area contributed by atoms with Crippen molar-refractivity contribution in [2.24, 2.45) is 10.2 Å². The fourth-order valence-corrected chi connectivity index (χ4v) is 1.96. The number of hydrogen-bond donors (Lipinski definition) is 0. The van der Waals surface area contributed by atoms with Crippen LogP contribution in [0.4, 0.5) is 0 Å². The highest BCUT2D eigenvalue weighted by Gasteiger charge is 2.14. The molecule has 114 valence electrons. The first kappa shape index (κ1) is 15.6. The van der Waals surface area contributed by atoms with E-state index in [1.165, 1.54) is 0 Å². The van der Waals surface area contributed by atoms with Crippen molar-refractivity contribution in [3.63, 3.8) is 0 Å². The molecule has 0 heterocycles. The normalized spacial score (nSPS) is 11.0. The summed E-state index contributed by atoms with van der Waals surface area (Å²) in [5.74, 6) is 1.69. The van der Waals surface area contributed by atoms with Crippen LogP contribution in [-0.4, -0.2) is 33.8 Å². The highest BCUT2D eigenvalue weighted by molar-refractivity contribution is 5.87. The van der Waals surface area contributed by atoms with E-state index in [0.29, 0.717) is 17.2 Å². The fraction of sp³-hybridized carbons (Fsp3) is 0.176. The number of nitrogens with zero attached hydrogens (tertiary/aromatic N) is 2. The van der Waals surface area contributed by atoms with E-state index in [9.17, 15) is 0 Å². The van der Waals surface area contributed by atoms with Crippen LogP contribution in [0, 0.1) is 0 Å². The van der Waals surface area contributed by atoms with Crippen molar-refractivity contribution in [3.05, 3.63) is 53.6 Å². The van der Waals surface area contributed by atoms with Crippen molar-refractivity contribution in [1.82, 2.24) is 0 Å². The maximum absolute atomic E-state index is 5.38. The minimum atomic E-state index is 0.529. The van der Waals surface area contributed by atoms with Gasteiger partial charge < -0.3 is 14.2 Å². The van der Waals surface area contributed by atoms with E-state index in [1.807, 2.05) is 36.4 Å². The second-order valence-corrected chi connectivity index (χ2v) is 4.32. The van der Waals surface area contributed by atoms with Crippen molar-refractivity contribution < 1.29 is 14.2 Å². The molecule has 2 rings (SSSR count). The van der Waals surface area contributed by atoms with Gasteiger partial charge in [0.25, 0.3) is 0 Å². The Labute approximate surface area is 129 Å². The maximum Gasteiger partial charge on any atom is 0.203 e. The number of ether oxygens (including phenoxy) is 3. The maximum atomic E-state index is 5.38. The second kappa shape index (κ2) is 7.83. The summed E-state index contributed by atoms with van der Waals surface area (Å²) in [6.45, 7) is 0. The van der Waals surface area contributed by atoms with Crippen molar-refractivity contribution in [3.8, 4) is 17.2 Å². The molecule has 0 aliphatic carbocycles. The largest absolute Gasteiger partial charge is 0.493 e. The molecule has 0 aromatic heterocycles. The van der Waals surface area contributed by atoms with Gasteiger partial charge >= 0.3 is 0 Å². The lowest BCUT2D eigenvalue weighted by Crippen LogP contribution is -1.98. The smallest absolute Gasteiger partial charge is 0.203 e. The van der Waals surface area contributed by atoms with Crippen molar-refractivity contribution in [2.45, 2.75) is 0 Å². The predicted octanol–water partition coefficient (Wildman–Crippen LogP) is 3.17. The van der Waals surface area contributed by atoms with Gasteiger partial charge in [0.15, 0.2) is 11.5 Å². The summed E-state index contributed by atoms with van der Waals surface area (Å²) in [7, 11) is 4.71. The second-order valence-electron chi connectivity index (χ2n) is 4.32. The van der Waals surface area contributed by atoms with Crippen LogP contribution < -0.4 is 14.2 Å². The topological polar surface area (TPSA) is 52.4 Å². The van der Waals surface area contributed by atoms with Crippen molar-refractivity contribution >= 4 is 12.4 Å². The van der Waals surface area contributed by atoms with Gasteiger partial charge in [-0.1, -0.05) is 30.3 Å². The molecule has 0 N–H and O–H groups in total. The third-order valence-corrected chi connectivity index (χ3v) is 3.00.